The Bertz CT molecular complexity index is 355. The van der Waals surface area contributed by atoms with Crippen molar-refractivity contribution in [2.24, 2.45) is 0 Å². The van der Waals surface area contributed by atoms with Crippen molar-refractivity contribution < 1.29 is 14.6 Å². The molecule has 16 heavy (non-hydrogen) atoms. The van der Waals surface area contributed by atoms with Gasteiger partial charge in [-0.2, -0.15) is 0 Å². The van der Waals surface area contributed by atoms with E-state index in [0.717, 1.165) is 0 Å². The number of carbonyl (C=O) groups is 1. The van der Waals surface area contributed by atoms with E-state index in [1.165, 1.54) is 11.3 Å². The molecule has 1 aromatic rings. The fourth-order valence-electron chi connectivity index (χ4n) is 1.79. The van der Waals surface area contributed by atoms with Crippen molar-refractivity contribution in [2.45, 2.75) is 19.1 Å². The van der Waals surface area contributed by atoms with E-state index in [0.29, 0.717) is 18.0 Å². The molecule has 1 aliphatic heterocycles. The monoisotopic (exact) mass is 242 g/mol. The number of rotatable bonds is 2. The molecule has 0 bridgehead atoms. The summed E-state index contributed by atoms with van der Waals surface area (Å²) in [6.07, 6.45) is 1.25. The average Bonchev–Trinajstić information content (AvgIpc) is 2.80. The van der Waals surface area contributed by atoms with Crippen molar-refractivity contribution in [1.82, 2.24) is 9.88 Å². The van der Waals surface area contributed by atoms with Crippen molar-refractivity contribution >= 4 is 17.2 Å². The van der Waals surface area contributed by atoms with Gasteiger partial charge in [-0.25, -0.2) is 0 Å². The topological polar surface area (TPSA) is 62.7 Å². The Morgan fingerprint density at radius 3 is 3.19 bits per heavy atom. The predicted molar refractivity (Wildman–Crippen MR) is 59.4 cm³/mol. The van der Waals surface area contributed by atoms with Gasteiger partial charge < -0.3 is 14.7 Å². The molecule has 1 saturated heterocycles. The number of ether oxygens (including phenoxy) is 1. The summed E-state index contributed by atoms with van der Waals surface area (Å²) < 4.78 is 5.48. The SMILES string of the molecule is CC1CN(C(=O)c2cncs2)CC(CO)O1. The van der Waals surface area contributed by atoms with Gasteiger partial charge in [-0.1, -0.05) is 0 Å². The van der Waals surface area contributed by atoms with Crippen LogP contribution < -0.4 is 0 Å². The summed E-state index contributed by atoms with van der Waals surface area (Å²) in [5, 5.41) is 9.07. The first kappa shape index (κ1) is 11.5. The van der Waals surface area contributed by atoms with Crippen LogP contribution in [0.5, 0.6) is 0 Å². The second kappa shape index (κ2) is 4.90. The summed E-state index contributed by atoms with van der Waals surface area (Å²) >= 11 is 1.33. The minimum Gasteiger partial charge on any atom is -0.394 e. The van der Waals surface area contributed by atoms with Gasteiger partial charge in [0.1, 0.15) is 4.88 Å². The number of hydrogen-bond donors (Lipinski definition) is 1. The lowest BCUT2D eigenvalue weighted by molar-refractivity contribution is -0.0857. The molecule has 2 rings (SSSR count). The number of morpholine rings is 1. The Morgan fingerprint density at radius 1 is 1.75 bits per heavy atom. The van der Waals surface area contributed by atoms with E-state index < -0.39 is 0 Å². The van der Waals surface area contributed by atoms with Crippen LogP contribution in [0.3, 0.4) is 0 Å². The minimum absolute atomic E-state index is 0.0314. The quantitative estimate of drug-likeness (QED) is 0.813. The van der Waals surface area contributed by atoms with Crippen LogP contribution in [-0.4, -0.2) is 52.8 Å². The molecule has 0 aliphatic carbocycles. The lowest BCUT2D eigenvalue weighted by Crippen LogP contribution is -2.50. The van der Waals surface area contributed by atoms with Gasteiger partial charge in [-0.15, -0.1) is 11.3 Å². The van der Waals surface area contributed by atoms with Crippen molar-refractivity contribution in [2.75, 3.05) is 19.7 Å². The lowest BCUT2D eigenvalue weighted by atomic mass is 10.2. The normalized spacial score (nSPS) is 25.8. The maximum Gasteiger partial charge on any atom is 0.265 e. The molecule has 88 valence electrons. The zero-order valence-electron chi connectivity index (χ0n) is 9.00. The molecule has 1 N–H and O–H groups in total. The van der Waals surface area contributed by atoms with E-state index in [2.05, 4.69) is 4.98 Å². The smallest absolute Gasteiger partial charge is 0.265 e. The van der Waals surface area contributed by atoms with Gasteiger partial charge in [-0.3, -0.25) is 9.78 Å². The van der Waals surface area contributed by atoms with Gasteiger partial charge in [0.15, 0.2) is 0 Å². The molecule has 5 nitrogen and oxygen atoms in total. The first-order chi connectivity index (χ1) is 7.70. The third kappa shape index (κ3) is 2.40. The van der Waals surface area contributed by atoms with E-state index in [1.807, 2.05) is 6.92 Å². The number of aliphatic hydroxyl groups is 1. The number of amides is 1. The number of thiazole rings is 1. The second-order valence-corrected chi connectivity index (χ2v) is 4.71. The number of nitrogens with zero attached hydrogens (tertiary/aromatic N) is 2. The third-order valence-electron chi connectivity index (χ3n) is 2.46. The van der Waals surface area contributed by atoms with Crippen molar-refractivity contribution in [3.63, 3.8) is 0 Å². The predicted octanol–water partition coefficient (Wildman–Crippen LogP) is 0.365. The Labute approximate surface area is 97.7 Å². The van der Waals surface area contributed by atoms with E-state index in [4.69, 9.17) is 9.84 Å². The molecular formula is C10H14N2O3S. The van der Waals surface area contributed by atoms with Crippen LogP contribution in [0.25, 0.3) is 0 Å². The molecule has 1 aromatic heterocycles. The van der Waals surface area contributed by atoms with Crippen LogP contribution in [-0.2, 0) is 4.74 Å². The van der Waals surface area contributed by atoms with Crippen LogP contribution >= 0.6 is 11.3 Å². The van der Waals surface area contributed by atoms with E-state index >= 15 is 0 Å². The Hall–Kier alpha value is -0.980. The zero-order valence-corrected chi connectivity index (χ0v) is 9.81. The first-order valence-electron chi connectivity index (χ1n) is 5.14. The van der Waals surface area contributed by atoms with Crippen LogP contribution in [0.15, 0.2) is 11.7 Å². The van der Waals surface area contributed by atoms with Gasteiger partial charge in [0, 0.05) is 13.1 Å². The van der Waals surface area contributed by atoms with E-state index in [9.17, 15) is 4.79 Å². The molecule has 0 aromatic carbocycles. The molecule has 0 saturated carbocycles. The average molecular weight is 242 g/mol. The van der Waals surface area contributed by atoms with Gasteiger partial charge >= 0.3 is 0 Å². The number of aromatic nitrogens is 1. The van der Waals surface area contributed by atoms with Crippen LogP contribution in [0, 0.1) is 0 Å². The molecule has 1 fully saturated rings. The van der Waals surface area contributed by atoms with Crippen molar-refractivity contribution in [3.8, 4) is 0 Å². The second-order valence-electron chi connectivity index (χ2n) is 3.83. The first-order valence-corrected chi connectivity index (χ1v) is 6.02. The molecule has 2 heterocycles. The Balaban J connectivity index is 2.06. The summed E-state index contributed by atoms with van der Waals surface area (Å²) in [6.45, 7) is 2.84. The van der Waals surface area contributed by atoms with Crippen LogP contribution in [0.1, 0.15) is 16.6 Å². The van der Waals surface area contributed by atoms with Crippen molar-refractivity contribution in [1.29, 1.82) is 0 Å². The van der Waals surface area contributed by atoms with Crippen molar-refractivity contribution in [3.05, 3.63) is 16.6 Å². The van der Waals surface area contributed by atoms with Gasteiger partial charge in [0.2, 0.25) is 0 Å². The number of hydrogen-bond acceptors (Lipinski definition) is 5. The summed E-state index contributed by atoms with van der Waals surface area (Å²) in [5.74, 6) is -0.0314. The highest BCUT2D eigenvalue weighted by Gasteiger charge is 2.28. The summed E-state index contributed by atoms with van der Waals surface area (Å²) in [5.41, 5.74) is 1.64. The van der Waals surface area contributed by atoms with Gasteiger partial charge in [0.05, 0.1) is 30.5 Å². The third-order valence-corrected chi connectivity index (χ3v) is 3.22. The molecule has 2 atom stereocenters. The Morgan fingerprint density at radius 2 is 2.56 bits per heavy atom. The summed E-state index contributed by atoms with van der Waals surface area (Å²) in [4.78, 5) is 18.3. The number of carbonyl (C=O) groups excluding carboxylic acids is 1. The minimum atomic E-state index is -0.277. The summed E-state index contributed by atoms with van der Waals surface area (Å²) in [6, 6.07) is 0. The highest BCUT2D eigenvalue weighted by molar-refractivity contribution is 7.11. The van der Waals surface area contributed by atoms with Gasteiger partial charge in [-0.05, 0) is 6.92 Å². The molecule has 1 amide bonds. The summed E-state index contributed by atoms with van der Waals surface area (Å²) in [7, 11) is 0. The maximum atomic E-state index is 12.0. The highest BCUT2D eigenvalue weighted by Crippen LogP contribution is 2.16. The lowest BCUT2D eigenvalue weighted by Gasteiger charge is -2.35. The maximum absolute atomic E-state index is 12.0. The fraction of sp³-hybridized carbons (Fsp3) is 0.600. The number of aliphatic hydroxyl groups excluding tert-OH is 1. The largest absolute Gasteiger partial charge is 0.394 e. The zero-order chi connectivity index (χ0) is 11.5. The van der Waals surface area contributed by atoms with E-state index in [1.54, 1.807) is 16.6 Å². The standard InChI is InChI=1S/C10H14N2O3S/c1-7-3-12(4-8(5-13)15-7)10(14)9-2-11-6-16-9/h2,6-8,13H,3-5H2,1H3. The molecule has 0 radical (unpaired) electrons. The Kier molecular flexibility index (Phi) is 3.52. The highest BCUT2D eigenvalue weighted by atomic mass is 32.1. The molecule has 1 aliphatic rings. The molecule has 2 unspecified atom stereocenters. The molecular weight excluding hydrogens is 228 g/mol. The van der Waals surface area contributed by atoms with Crippen LogP contribution in [0.2, 0.25) is 0 Å². The molecule has 0 spiro atoms. The van der Waals surface area contributed by atoms with E-state index in [-0.39, 0.29) is 24.7 Å². The van der Waals surface area contributed by atoms with Crippen LogP contribution in [0.4, 0.5) is 0 Å². The molecule has 6 heteroatoms. The van der Waals surface area contributed by atoms with Gasteiger partial charge in [0.25, 0.3) is 5.91 Å². The fourth-order valence-corrected chi connectivity index (χ4v) is 2.38.